The molecule has 2 rings (SSSR count). The molecular formula is C15H22O7. The van der Waals surface area contributed by atoms with Crippen molar-refractivity contribution in [3.63, 3.8) is 0 Å². The Balaban J connectivity index is 2.24. The number of hydrogen-bond acceptors (Lipinski definition) is 7. The first-order valence-corrected chi connectivity index (χ1v) is 7.35. The summed E-state index contributed by atoms with van der Waals surface area (Å²) in [6.45, 7) is 6.13. The first kappa shape index (κ1) is 16.9. The third-order valence-electron chi connectivity index (χ3n) is 3.98. The van der Waals surface area contributed by atoms with Crippen LogP contribution in [0.4, 0.5) is 0 Å². The Bertz CT molecular complexity index is 459. The number of ether oxygens (including phenoxy) is 4. The molecule has 0 unspecified atom stereocenters. The molecule has 2 aliphatic rings. The molecule has 0 bridgehead atoms. The summed E-state index contributed by atoms with van der Waals surface area (Å²) in [4.78, 5) is 33.9. The molecule has 0 aromatic rings. The third-order valence-corrected chi connectivity index (χ3v) is 3.98. The summed E-state index contributed by atoms with van der Waals surface area (Å²) in [6, 6.07) is 0. The fraction of sp³-hybridized carbons (Fsp3) is 0.800. The lowest BCUT2D eigenvalue weighted by atomic mass is 9.75. The van der Waals surface area contributed by atoms with E-state index in [9.17, 15) is 14.4 Å². The van der Waals surface area contributed by atoms with Crippen molar-refractivity contribution in [2.45, 2.75) is 58.2 Å². The van der Waals surface area contributed by atoms with E-state index in [2.05, 4.69) is 0 Å². The van der Waals surface area contributed by atoms with Crippen molar-refractivity contribution >= 4 is 18.2 Å². The Morgan fingerprint density at radius 1 is 1.23 bits per heavy atom. The van der Waals surface area contributed by atoms with E-state index < -0.39 is 41.8 Å². The van der Waals surface area contributed by atoms with Gasteiger partial charge >= 0.3 is 11.9 Å². The van der Waals surface area contributed by atoms with E-state index in [4.69, 9.17) is 18.9 Å². The number of hydrogen-bond donors (Lipinski definition) is 0. The van der Waals surface area contributed by atoms with Gasteiger partial charge in [-0.3, -0.25) is 9.59 Å². The second kappa shape index (κ2) is 6.34. The maximum absolute atomic E-state index is 11.4. The number of rotatable bonds is 4. The lowest BCUT2D eigenvalue weighted by Crippen LogP contribution is -2.53. The summed E-state index contributed by atoms with van der Waals surface area (Å²) < 4.78 is 22.1. The molecule has 1 heterocycles. The highest BCUT2D eigenvalue weighted by Gasteiger charge is 2.55. The number of fused-ring (bicyclic) bond motifs is 1. The standard InChI is InChI=1S/C15H22O7/c1-8(17)19-7-11-10(6-16)5-12-14(13(11)20-9(2)18)22-15(3,4)21-12/h6,10-14H,5,7H2,1-4H3/t10-,11-,12+,13+,14+/m0/s1. The van der Waals surface area contributed by atoms with Crippen LogP contribution >= 0.6 is 0 Å². The third kappa shape index (κ3) is 3.64. The Kier molecular flexibility index (Phi) is 4.87. The molecule has 1 saturated carbocycles. The number of carbonyl (C=O) groups is 3. The van der Waals surface area contributed by atoms with Crippen molar-refractivity contribution in [3.05, 3.63) is 0 Å². The number of aldehydes is 1. The van der Waals surface area contributed by atoms with Crippen molar-refractivity contribution in [1.29, 1.82) is 0 Å². The SMILES string of the molecule is CC(=O)OC[C@@H]1[C@@H](OC(C)=O)[C@@H]2OC(C)(C)O[C@@H]2C[C@H]1C=O. The fourth-order valence-corrected chi connectivity index (χ4v) is 3.19. The van der Waals surface area contributed by atoms with Gasteiger partial charge in [-0.1, -0.05) is 0 Å². The van der Waals surface area contributed by atoms with Crippen LogP contribution in [0.3, 0.4) is 0 Å². The maximum Gasteiger partial charge on any atom is 0.303 e. The minimum absolute atomic E-state index is 0.00367. The molecule has 1 saturated heterocycles. The highest BCUT2D eigenvalue weighted by atomic mass is 16.8. The first-order valence-electron chi connectivity index (χ1n) is 7.35. The van der Waals surface area contributed by atoms with Crippen LogP contribution in [0.5, 0.6) is 0 Å². The number of carbonyl (C=O) groups excluding carboxylic acids is 3. The molecule has 22 heavy (non-hydrogen) atoms. The molecule has 7 heteroatoms. The molecular weight excluding hydrogens is 292 g/mol. The Morgan fingerprint density at radius 2 is 1.91 bits per heavy atom. The second-order valence-electron chi connectivity index (χ2n) is 6.21. The summed E-state index contributed by atoms with van der Waals surface area (Å²) in [5, 5.41) is 0. The van der Waals surface area contributed by atoms with Gasteiger partial charge in [0.25, 0.3) is 0 Å². The molecule has 1 aliphatic heterocycles. The van der Waals surface area contributed by atoms with Crippen molar-refractivity contribution in [1.82, 2.24) is 0 Å². The van der Waals surface area contributed by atoms with Gasteiger partial charge in [0.2, 0.25) is 0 Å². The van der Waals surface area contributed by atoms with E-state index >= 15 is 0 Å². The highest BCUT2D eigenvalue weighted by Crippen LogP contribution is 2.42. The zero-order valence-corrected chi connectivity index (χ0v) is 13.2. The van der Waals surface area contributed by atoms with Crippen LogP contribution in [0.15, 0.2) is 0 Å². The first-order chi connectivity index (χ1) is 10.2. The summed E-state index contributed by atoms with van der Waals surface area (Å²) >= 11 is 0. The van der Waals surface area contributed by atoms with E-state index in [0.29, 0.717) is 6.42 Å². The monoisotopic (exact) mass is 314 g/mol. The molecule has 124 valence electrons. The Morgan fingerprint density at radius 3 is 2.45 bits per heavy atom. The minimum Gasteiger partial charge on any atom is -0.465 e. The average molecular weight is 314 g/mol. The summed E-state index contributed by atoms with van der Waals surface area (Å²) in [7, 11) is 0. The van der Waals surface area contributed by atoms with Crippen molar-refractivity contribution in [2.24, 2.45) is 11.8 Å². The largest absolute Gasteiger partial charge is 0.465 e. The van der Waals surface area contributed by atoms with E-state index in [1.807, 2.05) is 0 Å². The van der Waals surface area contributed by atoms with Crippen LogP contribution in [0, 0.1) is 11.8 Å². The molecule has 0 N–H and O–H groups in total. The van der Waals surface area contributed by atoms with E-state index in [-0.39, 0.29) is 12.7 Å². The number of esters is 2. The lowest BCUT2D eigenvalue weighted by Gasteiger charge is -2.39. The van der Waals surface area contributed by atoms with E-state index in [0.717, 1.165) is 6.29 Å². The fourth-order valence-electron chi connectivity index (χ4n) is 3.19. The van der Waals surface area contributed by atoms with Crippen molar-refractivity contribution < 1.29 is 33.3 Å². The smallest absolute Gasteiger partial charge is 0.303 e. The van der Waals surface area contributed by atoms with Gasteiger partial charge in [-0.2, -0.15) is 0 Å². The van der Waals surface area contributed by atoms with Gasteiger partial charge in [-0.25, -0.2) is 0 Å². The van der Waals surface area contributed by atoms with Crippen LogP contribution < -0.4 is 0 Å². The Hall–Kier alpha value is -1.47. The van der Waals surface area contributed by atoms with Crippen LogP contribution in [0.25, 0.3) is 0 Å². The maximum atomic E-state index is 11.4. The van der Waals surface area contributed by atoms with Gasteiger partial charge in [0.05, 0.1) is 12.7 Å². The van der Waals surface area contributed by atoms with Gasteiger partial charge < -0.3 is 23.7 Å². The molecule has 0 aromatic heterocycles. The molecule has 5 atom stereocenters. The van der Waals surface area contributed by atoms with Gasteiger partial charge in [-0.05, 0) is 20.3 Å². The minimum atomic E-state index is -0.808. The molecule has 0 amide bonds. The van der Waals surface area contributed by atoms with Gasteiger partial charge in [0.15, 0.2) is 5.79 Å². The van der Waals surface area contributed by atoms with Crippen molar-refractivity contribution in [2.75, 3.05) is 6.61 Å². The van der Waals surface area contributed by atoms with E-state index in [1.54, 1.807) is 13.8 Å². The molecule has 0 radical (unpaired) electrons. The molecule has 1 aliphatic carbocycles. The van der Waals surface area contributed by atoms with Crippen LogP contribution in [0.2, 0.25) is 0 Å². The van der Waals surface area contributed by atoms with E-state index in [1.165, 1.54) is 13.8 Å². The van der Waals surface area contributed by atoms with Crippen LogP contribution in [-0.4, -0.2) is 48.9 Å². The zero-order valence-electron chi connectivity index (χ0n) is 13.2. The van der Waals surface area contributed by atoms with Gasteiger partial charge in [0, 0.05) is 25.7 Å². The van der Waals surface area contributed by atoms with Gasteiger partial charge in [0.1, 0.15) is 18.5 Å². The molecule has 2 fully saturated rings. The quantitative estimate of drug-likeness (QED) is 0.561. The van der Waals surface area contributed by atoms with Crippen LogP contribution in [0.1, 0.15) is 34.1 Å². The zero-order chi connectivity index (χ0) is 16.5. The molecule has 0 spiro atoms. The van der Waals surface area contributed by atoms with Crippen LogP contribution in [-0.2, 0) is 33.3 Å². The highest BCUT2D eigenvalue weighted by molar-refractivity contribution is 5.67. The summed E-state index contributed by atoms with van der Waals surface area (Å²) in [5.74, 6) is -2.60. The molecule has 0 aromatic carbocycles. The van der Waals surface area contributed by atoms with Gasteiger partial charge in [-0.15, -0.1) is 0 Å². The lowest BCUT2D eigenvalue weighted by molar-refractivity contribution is -0.181. The van der Waals surface area contributed by atoms with Crippen molar-refractivity contribution in [3.8, 4) is 0 Å². The predicted octanol–water partition coefficient (Wildman–Crippen LogP) is 0.836. The molecule has 7 nitrogen and oxygen atoms in total. The summed E-state index contributed by atoms with van der Waals surface area (Å²) in [5.41, 5.74) is 0. The normalized spacial score (nSPS) is 36.3. The second-order valence-corrected chi connectivity index (χ2v) is 6.21. The topological polar surface area (TPSA) is 88.1 Å². The predicted molar refractivity (Wildman–Crippen MR) is 73.7 cm³/mol. The average Bonchev–Trinajstić information content (AvgIpc) is 2.70. The Labute approximate surface area is 129 Å². The summed E-state index contributed by atoms with van der Waals surface area (Å²) in [6.07, 6.45) is -0.247.